The van der Waals surface area contributed by atoms with Crippen molar-refractivity contribution < 1.29 is 28.6 Å². The Balaban J connectivity index is 1.27. The number of carbonyl (C=O) groups is 1. The second-order valence-corrected chi connectivity index (χ2v) is 10.4. The number of aliphatic hydroxyl groups is 1. The molecule has 2 aliphatic rings. The predicted molar refractivity (Wildman–Crippen MR) is 151 cm³/mol. The third-order valence-corrected chi connectivity index (χ3v) is 7.35. The minimum absolute atomic E-state index is 0.143. The first-order valence-electron chi connectivity index (χ1n) is 13.7. The lowest BCUT2D eigenvalue weighted by molar-refractivity contribution is -0.189. The number of nitrogens with zero attached hydrogens (tertiary/aromatic N) is 6. The molecule has 0 saturated carbocycles. The largest absolute Gasteiger partial charge is 0.383 e. The molecule has 0 aliphatic carbocycles. The molecule has 0 bridgehead atoms. The summed E-state index contributed by atoms with van der Waals surface area (Å²) in [5.41, 5.74) is 1.93. The fraction of sp³-hybridized carbons (Fsp3) is 0.345. The van der Waals surface area contributed by atoms with Gasteiger partial charge >= 0.3 is 6.03 Å². The summed E-state index contributed by atoms with van der Waals surface area (Å²) in [7, 11) is 1.59. The topological polar surface area (TPSA) is 149 Å². The molecule has 1 aromatic carbocycles. The van der Waals surface area contributed by atoms with Crippen LogP contribution in [0.15, 0.2) is 61.1 Å². The summed E-state index contributed by atoms with van der Waals surface area (Å²) in [4.78, 5) is 31.9. The van der Waals surface area contributed by atoms with Gasteiger partial charge in [-0.05, 0) is 36.8 Å². The van der Waals surface area contributed by atoms with E-state index in [4.69, 9.17) is 19.4 Å². The van der Waals surface area contributed by atoms with Gasteiger partial charge in [0, 0.05) is 49.9 Å². The highest BCUT2D eigenvalue weighted by molar-refractivity contribution is 5.91. The van der Waals surface area contributed by atoms with Crippen molar-refractivity contribution in [1.29, 1.82) is 0 Å². The highest BCUT2D eigenvalue weighted by Gasteiger charge is 2.41. The van der Waals surface area contributed by atoms with Crippen LogP contribution in [0.3, 0.4) is 0 Å². The molecule has 0 spiro atoms. The summed E-state index contributed by atoms with van der Waals surface area (Å²) in [6, 6.07) is 11.3. The van der Waals surface area contributed by atoms with Crippen LogP contribution >= 0.6 is 0 Å². The van der Waals surface area contributed by atoms with Gasteiger partial charge in [-0.3, -0.25) is 10.2 Å². The standard InChI is InChI=1S/C29H31FN8O5/c1-18-24(20-13-32-27(33-14-20)29(40)16-42-17-29)36-38(21-6-4-3-5-7-21)26(18)35-28(39)34-22-15-37(10-11-41-2)43-25(22)19-8-9-31-23(30)12-19/h3-9,12-14,22,25,40H,10-11,15-17H2,1-2H3,(H2,34,35,39)/t22-,25+/m1/s1. The molecule has 2 atom stereocenters. The van der Waals surface area contributed by atoms with Gasteiger partial charge in [-0.15, -0.1) is 0 Å². The zero-order valence-corrected chi connectivity index (χ0v) is 23.6. The lowest BCUT2D eigenvalue weighted by Gasteiger charge is -2.34. The SMILES string of the molecule is COCCN1C[C@@H](NC(=O)Nc2c(C)c(-c3cnc(C4(O)COC4)nc3)nn2-c2ccccc2)[C@H](c2ccnc(F)c2)O1. The van der Waals surface area contributed by atoms with Crippen molar-refractivity contribution in [3.8, 4) is 16.9 Å². The molecule has 14 heteroatoms. The average Bonchev–Trinajstić information content (AvgIpc) is 3.55. The van der Waals surface area contributed by atoms with Crippen LogP contribution in [0.5, 0.6) is 0 Å². The quantitative estimate of drug-likeness (QED) is 0.248. The summed E-state index contributed by atoms with van der Waals surface area (Å²) in [5.74, 6) is 0.0829. The molecule has 2 aliphatic heterocycles. The summed E-state index contributed by atoms with van der Waals surface area (Å²) in [6.07, 6.45) is 3.91. The van der Waals surface area contributed by atoms with Crippen LogP contribution in [0, 0.1) is 12.9 Å². The number of pyridine rings is 1. The molecule has 3 N–H and O–H groups in total. The monoisotopic (exact) mass is 590 g/mol. The maximum atomic E-state index is 14.0. The fourth-order valence-electron chi connectivity index (χ4n) is 5.04. The van der Waals surface area contributed by atoms with Crippen molar-refractivity contribution in [2.45, 2.75) is 24.7 Å². The van der Waals surface area contributed by atoms with Gasteiger partial charge in [-0.25, -0.2) is 24.4 Å². The molecule has 13 nitrogen and oxygen atoms in total. The van der Waals surface area contributed by atoms with E-state index in [0.717, 1.165) is 5.69 Å². The second-order valence-electron chi connectivity index (χ2n) is 10.4. The molecule has 4 aromatic rings. The Bertz CT molecular complexity index is 1580. The maximum absolute atomic E-state index is 14.0. The van der Waals surface area contributed by atoms with E-state index in [-0.39, 0.29) is 19.0 Å². The number of carbonyl (C=O) groups excluding carboxylic acids is 1. The molecule has 0 radical (unpaired) electrons. The smallest absolute Gasteiger partial charge is 0.320 e. The van der Waals surface area contributed by atoms with E-state index < -0.39 is 29.7 Å². The number of amides is 2. The molecule has 43 heavy (non-hydrogen) atoms. The van der Waals surface area contributed by atoms with Crippen LogP contribution in [0.2, 0.25) is 0 Å². The Kier molecular flexibility index (Phi) is 8.10. The summed E-state index contributed by atoms with van der Waals surface area (Å²) >= 11 is 0. The van der Waals surface area contributed by atoms with Crippen LogP contribution in [-0.2, 0) is 19.9 Å². The van der Waals surface area contributed by atoms with Crippen LogP contribution in [0.25, 0.3) is 16.9 Å². The van der Waals surface area contributed by atoms with Gasteiger partial charge in [-0.1, -0.05) is 18.2 Å². The van der Waals surface area contributed by atoms with E-state index in [9.17, 15) is 14.3 Å². The Hall–Kier alpha value is -4.34. The molecule has 2 saturated heterocycles. The number of nitrogens with one attached hydrogen (secondary N) is 2. The molecule has 2 fully saturated rings. The second kappa shape index (κ2) is 12.1. The van der Waals surface area contributed by atoms with Crippen LogP contribution in [0.4, 0.5) is 15.0 Å². The van der Waals surface area contributed by atoms with E-state index in [1.807, 2.05) is 37.3 Å². The number of benzene rings is 1. The number of para-hydroxylation sites is 1. The van der Waals surface area contributed by atoms with Crippen molar-refractivity contribution in [3.05, 3.63) is 84.0 Å². The van der Waals surface area contributed by atoms with E-state index in [1.54, 1.807) is 35.3 Å². The number of hydroxylamine groups is 2. The van der Waals surface area contributed by atoms with Gasteiger partial charge in [-0.2, -0.15) is 14.6 Å². The van der Waals surface area contributed by atoms with Crippen LogP contribution < -0.4 is 10.6 Å². The maximum Gasteiger partial charge on any atom is 0.320 e. The Labute approximate surface area is 246 Å². The first kappa shape index (κ1) is 28.8. The zero-order chi connectivity index (χ0) is 30.0. The number of urea groups is 1. The number of rotatable bonds is 9. The van der Waals surface area contributed by atoms with Crippen LogP contribution in [-0.4, -0.2) is 87.0 Å². The molecule has 3 aromatic heterocycles. The molecule has 2 amide bonds. The molecule has 6 rings (SSSR count). The Morgan fingerprint density at radius 2 is 1.95 bits per heavy atom. The molecule has 0 unspecified atom stereocenters. The number of hydrogen-bond acceptors (Lipinski definition) is 10. The van der Waals surface area contributed by atoms with E-state index in [1.165, 1.54) is 12.3 Å². The first-order valence-corrected chi connectivity index (χ1v) is 13.7. The minimum Gasteiger partial charge on any atom is -0.383 e. The zero-order valence-electron chi connectivity index (χ0n) is 23.6. The molecule has 5 heterocycles. The predicted octanol–water partition coefficient (Wildman–Crippen LogP) is 2.51. The summed E-state index contributed by atoms with van der Waals surface area (Å²) in [6.45, 7) is 3.37. The van der Waals surface area contributed by atoms with Gasteiger partial charge in [0.1, 0.15) is 17.6 Å². The van der Waals surface area contributed by atoms with Crippen LogP contribution in [0.1, 0.15) is 23.1 Å². The number of halogens is 1. The number of hydrogen-bond donors (Lipinski definition) is 3. The fourth-order valence-corrected chi connectivity index (χ4v) is 5.04. The molecule has 224 valence electrons. The van der Waals surface area contributed by atoms with Gasteiger partial charge in [0.15, 0.2) is 11.4 Å². The Morgan fingerprint density at radius 3 is 2.63 bits per heavy atom. The number of aromatic nitrogens is 5. The third-order valence-electron chi connectivity index (χ3n) is 7.35. The Morgan fingerprint density at radius 1 is 1.19 bits per heavy atom. The van der Waals surface area contributed by atoms with E-state index >= 15 is 0 Å². The van der Waals surface area contributed by atoms with Crippen molar-refractivity contribution >= 4 is 11.8 Å². The highest BCUT2D eigenvalue weighted by atomic mass is 19.1. The van der Waals surface area contributed by atoms with Crippen molar-refractivity contribution in [2.75, 3.05) is 45.3 Å². The highest BCUT2D eigenvalue weighted by Crippen LogP contribution is 2.33. The van der Waals surface area contributed by atoms with Crippen molar-refractivity contribution in [3.63, 3.8) is 0 Å². The lowest BCUT2D eigenvalue weighted by Crippen LogP contribution is -2.47. The normalized spacial score (nSPS) is 19.6. The average molecular weight is 591 g/mol. The number of ether oxygens (including phenoxy) is 2. The lowest BCUT2D eigenvalue weighted by atomic mass is 10.0. The van der Waals surface area contributed by atoms with E-state index in [2.05, 4.69) is 25.6 Å². The first-order chi connectivity index (χ1) is 20.8. The number of methoxy groups -OCH3 is 1. The molecular weight excluding hydrogens is 559 g/mol. The summed E-state index contributed by atoms with van der Waals surface area (Å²) < 4.78 is 25.9. The van der Waals surface area contributed by atoms with Gasteiger partial charge in [0.25, 0.3) is 0 Å². The molecular formula is C29H31FN8O5. The summed E-state index contributed by atoms with van der Waals surface area (Å²) in [5, 5.41) is 22.9. The van der Waals surface area contributed by atoms with Gasteiger partial charge in [0.05, 0.1) is 31.5 Å². The van der Waals surface area contributed by atoms with Gasteiger partial charge < -0.3 is 19.9 Å². The van der Waals surface area contributed by atoms with E-state index in [0.29, 0.717) is 47.9 Å². The number of anilines is 1. The third kappa shape index (κ3) is 5.96. The van der Waals surface area contributed by atoms with Gasteiger partial charge in [0.2, 0.25) is 5.95 Å². The minimum atomic E-state index is -1.19. The van der Waals surface area contributed by atoms with Crippen molar-refractivity contribution in [2.24, 2.45) is 0 Å². The van der Waals surface area contributed by atoms with Crippen molar-refractivity contribution in [1.82, 2.24) is 35.1 Å².